The summed E-state index contributed by atoms with van der Waals surface area (Å²) in [5.74, 6) is -7.35. The zero-order valence-corrected chi connectivity index (χ0v) is 19.9. The Morgan fingerprint density at radius 3 is 2.13 bits per heavy atom. The molecule has 0 fully saturated rings. The number of aromatic carboxylic acids is 1. The molecule has 208 valence electrons. The van der Waals surface area contributed by atoms with Crippen molar-refractivity contribution in [3.63, 3.8) is 0 Å². The van der Waals surface area contributed by atoms with E-state index in [1.807, 2.05) is 0 Å². The van der Waals surface area contributed by atoms with Gasteiger partial charge in [-0.05, 0) is 42.7 Å². The van der Waals surface area contributed by atoms with E-state index in [9.17, 15) is 35.9 Å². The number of benzene rings is 1. The number of aryl methyl sites for hydroxylation is 2. The van der Waals surface area contributed by atoms with Crippen molar-refractivity contribution in [3.8, 4) is 0 Å². The van der Waals surface area contributed by atoms with E-state index in [4.69, 9.17) is 5.11 Å². The highest BCUT2D eigenvalue weighted by Gasteiger charge is 2.43. The van der Waals surface area contributed by atoms with E-state index in [0.29, 0.717) is 12.3 Å². The summed E-state index contributed by atoms with van der Waals surface area (Å²) in [6.45, 7) is 0.256. The first-order valence-corrected chi connectivity index (χ1v) is 11.1. The van der Waals surface area contributed by atoms with Gasteiger partial charge in [-0.25, -0.2) is 28.4 Å². The van der Waals surface area contributed by atoms with Crippen LogP contribution in [0.2, 0.25) is 0 Å². The number of nitrogens with zero attached hydrogens (tertiary/aromatic N) is 3. The fourth-order valence-electron chi connectivity index (χ4n) is 3.67. The van der Waals surface area contributed by atoms with E-state index in [2.05, 4.69) is 9.97 Å². The van der Waals surface area contributed by atoms with Crippen molar-refractivity contribution in [2.24, 2.45) is 0 Å². The highest BCUT2D eigenvalue weighted by molar-refractivity contribution is 5.92. The van der Waals surface area contributed by atoms with Crippen molar-refractivity contribution < 1.29 is 49.8 Å². The van der Waals surface area contributed by atoms with Crippen LogP contribution in [0.4, 0.5) is 35.1 Å². The Hall–Kier alpha value is -4.10. The second kappa shape index (κ2) is 10.9. The lowest BCUT2D eigenvalue weighted by Gasteiger charge is -2.25. The second-order valence-electron chi connectivity index (χ2n) is 8.46. The molecule has 0 bridgehead atoms. The topological polar surface area (TPSA) is 83.4 Å². The van der Waals surface area contributed by atoms with Gasteiger partial charge in [0.1, 0.15) is 11.4 Å². The van der Waals surface area contributed by atoms with Crippen LogP contribution < -0.4 is 0 Å². The molecule has 0 aliphatic carbocycles. The maximum atomic E-state index is 15.1. The minimum atomic E-state index is -5.18. The number of carboxylic acid groups (broad SMARTS) is 1. The number of hydrogen-bond donors (Lipinski definition) is 1. The van der Waals surface area contributed by atoms with Crippen LogP contribution in [0.25, 0.3) is 0 Å². The normalized spacial score (nSPS) is 12.3. The highest BCUT2D eigenvalue weighted by Crippen LogP contribution is 2.37. The largest absolute Gasteiger partial charge is 0.487 e. The van der Waals surface area contributed by atoms with Crippen LogP contribution in [0, 0.1) is 6.92 Å². The van der Waals surface area contributed by atoms with Crippen molar-refractivity contribution in [2.45, 2.75) is 44.7 Å². The van der Waals surface area contributed by atoms with Crippen LogP contribution in [0.15, 0.2) is 54.7 Å². The predicted molar refractivity (Wildman–Crippen MR) is 120 cm³/mol. The summed E-state index contributed by atoms with van der Waals surface area (Å²) >= 11 is 0. The Balaban J connectivity index is 1.91. The van der Waals surface area contributed by atoms with Crippen molar-refractivity contribution in [3.05, 3.63) is 94.1 Å². The molecule has 3 rings (SSSR count). The van der Waals surface area contributed by atoms with Gasteiger partial charge >= 0.3 is 18.4 Å². The lowest BCUT2D eigenvalue weighted by Crippen LogP contribution is -2.42. The van der Waals surface area contributed by atoms with E-state index in [1.165, 1.54) is 31.2 Å². The second-order valence-corrected chi connectivity index (χ2v) is 8.46. The fourth-order valence-corrected chi connectivity index (χ4v) is 3.67. The van der Waals surface area contributed by atoms with Gasteiger partial charge in [-0.3, -0.25) is 4.79 Å². The summed E-state index contributed by atoms with van der Waals surface area (Å²) in [5.41, 5.74) is -5.07. The van der Waals surface area contributed by atoms with E-state index in [1.54, 1.807) is 6.07 Å². The molecular weight excluding hydrogens is 542 g/mol. The first kappa shape index (κ1) is 29.5. The molecular formula is C25H19F8N3O3. The molecule has 6 nitrogen and oxygen atoms in total. The summed E-state index contributed by atoms with van der Waals surface area (Å²) in [6.07, 6.45) is -11.9. The summed E-state index contributed by atoms with van der Waals surface area (Å²) in [7, 11) is 0. The summed E-state index contributed by atoms with van der Waals surface area (Å²) in [5, 5.41) is 8.89. The Morgan fingerprint density at radius 2 is 1.56 bits per heavy atom. The summed E-state index contributed by atoms with van der Waals surface area (Å²) < 4.78 is 112. The highest BCUT2D eigenvalue weighted by atomic mass is 19.4. The molecule has 14 heteroatoms. The predicted octanol–water partition coefficient (Wildman–Crippen LogP) is 6.39. The van der Waals surface area contributed by atoms with Crippen molar-refractivity contribution in [1.82, 2.24) is 14.9 Å². The maximum Gasteiger partial charge on any atom is 0.487 e. The monoisotopic (exact) mass is 561 g/mol. The van der Waals surface area contributed by atoms with Crippen LogP contribution in [0.1, 0.15) is 55.3 Å². The molecule has 1 aromatic carbocycles. The third-order valence-corrected chi connectivity index (χ3v) is 5.55. The van der Waals surface area contributed by atoms with E-state index < -0.39 is 82.6 Å². The van der Waals surface area contributed by atoms with Crippen LogP contribution in [0.5, 0.6) is 0 Å². The maximum absolute atomic E-state index is 15.1. The number of carbonyl (C=O) groups excluding carboxylic acids is 1. The zero-order valence-electron chi connectivity index (χ0n) is 19.9. The van der Waals surface area contributed by atoms with Gasteiger partial charge in [-0.1, -0.05) is 30.3 Å². The average Bonchev–Trinajstić information content (AvgIpc) is 2.84. The van der Waals surface area contributed by atoms with Crippen LogP contribution >= 0.6 is 0 Å². The number of carboxylic acids is 1. The van der Waals surface area contributed by atoms with Gasteiger partial charge in [0.15, 0.2) is 0 Å². The van der Waals surface area contributed by atoms with E-state index in [-0.39, 0.29) is 17.3 Å². The Kier molecular flexibility index (Phi) is 8.27. The SMILES string of the molecule is Cc1cc(C(F)(F)CCc2cnc(C(=O)O)cc2C(F)(F)F)cc(C(=O)N(Cc2ccccc2)C(F)(F)F)n1. The summed E-state index contributed by atoms with van der Waals surface area (Å²) in [4.78, 5) is 30.3. The third kappa shape index (κ3) is 7.27. The number of halogens is 8. The number of pyridine rings is 2. The molecule has 2 aromatic heterocycles. The van der Waals surface area contributed by atoms with Crippen LogP contribution in [-0.4, -0.2) is 38.2 Å². The minimum Gasteiger partial charge on any atom is -0.477 e. The molecule has 0 spiro atoms. The van der Waals surface area contributed by atoms with Gasteiger partial charge < -0.3 is 5.11 Å². The van der Waals surface area contributed by atoms with Gasteiger partial charge in [-0.15, -0.1) is 13.2 Å². The quantitative estimate of drug-likeness (QED) is 0.255. The lowest BCUT2D eigenvalue weighted by atomic mass is 9.97. The number of hydrogen-bond acceptors (Lipinski definition) is 4. The number of rotatable bonds is 8. The molecule has 0 radical (unpaired) electrons. The van der Waals surface area contributed by atoms with Crippen molar-refractivity contribution >= 4 is 11.9 Å². The van der Waals surface area contributed by atoms with Crippen LogP contribution in [0.3, 0.4) is 0 Å². The average molecular weight is 561 g/mol. The number of carbonyl (C=O) groups is 2. The fraction of sp³-hybridized carbons (Fsp3) is 0.280. The molecule has 1 N–H and O–H groups in total. The molecule has 0 aliphatic heterocycles. The number of alkyl halides is 8. The van der Waals surface area contributed by atoms with Gasteiger partial charge in [0.2, 0.25) is 0 Å². The standard InChI is InChI=1S/C25H19F8N3O3/c1-14-9-17(10-19(35-14)21(37)36(25(31,32)33)13-15-5-3-2-4-6-15)23(26,27)8-7-16-12-34-20(22(38)39)11-18(16)24(28,29)30/h2-6,9-12H,7-8,13H2,1H3,(H,38,39). The number of amides is 1. The number of aromatic nitrogens is 2. The Morgan fingerprint density at radius 1 is 0.923 bits per heavy atom. The molecule has 2 heterocycles. The molecule has 1 amide bonds. The molecule has 0 saturated heterocycles. The van der Waals surface area contributed by atoms with Crippen molar-refractivity contribution in [1.29, 1.82) is 0 Å². The van der Waals surface area contributed by atoms with Gasteiger partial charge in [0.25, 0.3) is 11.8 Å². The van der Waals surface area contributed by atoms with Gasteiger partial charge in [0, 0.05) is 23.9 Å². The zero-order chi connectivity index (χ0) is 29.2. The first-order valence-electron chi connectivity index (χ1n) is 11.1. The minimum absolute atomic E-state index is 0.115. The first-order chi connectivity index (χ1) is 18.0. The molecule has 0 aliphatic rings. The van der Waals surface area contributed by atoms with Crippen LogP contribution in [-0.2, 0) is 25.1 Å². The Labute approximate surface area is 215 Å². The molecule has 0 unspecified atom stereocenters. The molecule has 3 aromatic rings. The lowest BCUT2D eigenvalue weighted by molar-refractivity contribution is -0.228. The van der Waals surface area contributed by atoms with Crippen molar-refractivity contribution in [2.75, 3.05) is 0 Å². The van der Waals surface area contributed by atoms with Gasteiger partial charge in [0.05, 0.1) is 12.1 Å². The van der Waals surface area contributed by atoms with E-state index >= 15 is 8.78 Å². The summed E-state index contributed by atoms with van der Waals surface area (Å²) in [6, 6.07) is 8.62. The molecule has 39 heavy (non-hydrogen) atoms. The molecule has 0 saturated carbocycles. The smallest absolute Gasteiger partial charge is 0.477 e. The third-order valence-electron chi connectivity index (χ3n) is 5.55. The van der Waals surface area contributed by atoms with Gasteiger partial charge in [-0.2, -0.15) is 13.2 Å². The molecule has 0 atom stereocenters. The van der Waals surface area contributed by atoms with E-state index in [0.717, 1.165) is 6.07 Å². The Bertz CT molecular complexity index is 1360.